The van der Waals surface area contributed by atoms with Crippen molar-refractivity contribution in [2.45, 2.75) is 47.0 Å². The van der Waals surface area contributed by atoms with Crippen molar-refractivity contribution in [3.05, 3.63) is 126 Å². The topological polar surface area (TPSA) is 54.1 Å². The molecule has 4 aromatic carbocycles. The molecule has 0 aliphatic carbocycles. The first-order valence-corrected chi connectivity index (χ1v) is 15.6. The summed E-state index contributed by atoms with van der Waals surface area (Å²) in [7, 11) is 0. The molecular weight excluding hydrogens is 764 g/mol. The molecule has 0 saturated carbocycles. The van der Waals surface area contributed by atoms with Gasteiger partial charge in [-0.3, -0.25) is 4.68 Å². The maximum atomic E-state index is 6.38. The van der Waals surface area contributed by atoms with E-state index in [-0.39, 0.29) is 26.5 Å². The van der Waals surface area contributed by atoms with Gasteiger partial charge in [0, 0.05) is 35.0 Å². The number of nitrogens with zero attached hydrogens (tertiary/aromatic N) is 4. The number of rotatable bonds is 7. The summed E-state index contributed by atoms with van der Waals surface area (Å²) in [5, 5.41) is 6.90. The van der Waals surface area contributed by atoms with Crippen molar-refractivity contribution in [1.29, 1.82) is 0 Å². The molecule has 0 N–H and O–H groups in total. The van der Waals surface area contributed by atoms with Crippen LogP contribution in [0.2, 0.25) is 0 Å². The zero-order valence-electron chi connectivity index (χ0n) is 27.4. The van der Waals surface area contributed by atoms with Gasteiger partial charge in [0.1, 0.15) is 11.6 Å². The zero-order valence-corrected chi connectivity index (χ0v) is 29.6. The largest absolute Gasteiger partial charge is 2.00 e. The van der Waals surface area contributed by atoms with Crippen molar-refractivity contribution in [1.82, 2.24) is 19.3 Å². The molecular formula is C40H36N4O2Pt. The first kappa shape index (κ1) is 32.3. The molecule has 0 aliphatic rings. The average molecular weight is 800 g/mol. The van der Waals surface area contributed by atoms with Crippen LogP contribution in [0.1, 0.15) is 44.4 Å². The zero-order chi connectivity index (χ0) is 32.0. The van der Waals surface area contributed by atoms with E-state index < -0.39 is 0 Å². The van der Waals surface area contributed by atoms with Gasteiger partial charge in [-0.15, -0.1) is 35.7 Å². The standard InChI is InChI=1S/C40H36N4O2.Pt/c1-7-45-33-19-26(2)39(27(3)20-33)28-24-42-43(25-28)30-11-10-12-31(22-30)46-32-15-16-35-34-13-8-9-14-36(34)44(37(35)23-32)38-21-29(17-18-41-38)40(4,5)6;/h8-21,24-25H,7H2,1-6H3;/q-2;+2. The van der Waals surface area contributed by atoms with E-state index in [2.05, 4.69) is 111 Å². The van der Waals surface area contributed by atoms with E-state index in [9.17, 15) is 0 Å². The molecule has 0 aliphatic heterocycles. The summed E-state index contributed by atoms with van der Waals surface area (Å²) < 4.78 is 16.1. The number of aryl methyl sites for hydroxylation is 2. The molecule has 0 fully saturated rings. The smallest absolute Gasteiger partial charge is 0.509 e. The van der Waals surface area contributed by atoms with Crippen molar-refractivity contribution in [3.8, 4) is 39.9 Å². The number of hydrogen-bond donors (Lipinski definition) is 0. The monoisotopic (exact) mass is 799 g/mol. The van der Waals surface area contributed by atoms with Gasteiger partial charge < -0.3 is 14.0 Å². The Kier molecular flexibility index (Phi) is 8.82. The third-order valence-electron chi connectivity index (χ3n) is 8.31. The first-order chi connectivity index (χ1) is 22.2. The fourth-order valence-corrected chi connectivity index (χ4v) is 6.14. The number of para-hydroxylation sites is 1. The van der Waals surface area contributed by atoms with E-state index in [0.717, 1.165) is 61.3 Å². The van der Waals surface area contributed by atoms with E-state index in [1.54, 1.807) is 0 Å². The molecule has 0 atom stereocenters. The second-order valence-corrected chi connectivity index (χ2v) is 12.6. The predicted molar refractivity (Wildman–Crippen MR) is 185 cm³/mol. The van der Waals surface area contributed by atoms with E-state index in [1.807, 2.05) is 54.5 Å². The second kappa shape index (κ2) is 12.8. The number of hydrogen-bond acceptors (Lipinski definition) is 4. The molecule has 0 bridgehead atoms. The Morgan fingerprint density at radius 1 is 0.830 bits per heavy atom. The summed E-state index contributed by atoms with van der Waals surface area (Å²) in [6.07, 6.45) is 5.80. The van der Waals surface area contributed by atoms with Gasteiger partial charge >= 0.3 is 21.1 Å². The summed E-state index contributed by atoms with van der Waals surface area (Å²) in [5.74, 6) is 2.91. The number of pyridine rings is 1. The molecule has 7 rings (SSSR count). The minimum atomic E-state index is -0.00346. The van der Waals surface area contributed by atoms with Crippen molar-refractivity contribution in [3.63, 3.8) is 0 Å². The third kappa shape index (κ3) is 6.23. The van der Waals surface area contributed by atoms with E-state index >= 15 is 0 Å². The van der Waals surface area contributed by atoms with Gasteiger partial charge in [-0.2, -0.15) is 17.2 Å². The fourth-order valence-electron chi connectivity index (χ4n) is 6.14. The van der Waals surface area contributed by atoms with Gasteiger partial charge in [-0.25, -0.2) is 4.98 Å². The Bertz CT molecular complexity index is 2200. The van der Waals surface area contributed by atoms with Crippen LogP contribution in [-0.2, 0) is 26.5 Å². The van der Waals surface area contributed by atoms with Crippen LogP contribution >= 0.6 is 0 Å². The van der Waals surface area contributed by atoms with Crippen molar-refractivity contribution in [2.75, 3.05) is 6.61 Å². The van der Waals surface area contributed by atoms with Crippen LogP contribution in [0, 0.1) is 26.0 Å². The minimum Gasteiger partial charge on any atom is -0.509 e. The van der Waals surface area contributed by atoms with Crippen LogP contribution in [0.15, 0.2) is 97.5 Å². The molecule has 6 nitrogen and oxygen atoms in total. The van der Waals surface area contributed by atoms with Gasteiger partial charge in [-0.1, -0.05) is 44.5 Å². The number of aromatic nitrogens is 4. The molecule has 3 aromatic heterocycles. The van der Waals surface area contributed by atoms with Crippen molar-refractivity contribution >= 4 is 21.8 Å². The van der Waals surface area contributed by atoms with Gasteiger partial charge in [0.15, 0.2) is 0 Å². The predicted octanol–water partition coefficient (Wildman–Crippen LogP) is 9.73. The van der Waals surface area contributed by atoms with Crippen LogP contribution in [0.3, 0.4) is 0 Å². The van der Waals surface area contributed by atoms with Gasteiger partial charge in [0.05, 0.1) is 12.8 Å². The molecule has 238 valence electrons. The molecule has 0 radical (unpaired) electrons. The molecule has 3 heterocycles. The normalized spacial score (nSPS) is 11.5. The van der Waals surface area contributed by atoms with Gasteiger partial charge in [0.25, 0.3) is 0 Å². The molecule has 7 aromatic rings. The Hall–Kier alpha value is -4.67. The van der Waals surface area contributed by atoms with Crippen LogP contribution in [0.4, 0.5) is 0 Å². The Labute approximate surface area is 290 Å². The molecule has 0 amide bonds. The third-order valence-corrected chi connectivity index (χ3v) is 8.31. The van der Waals surface area contributed by atoms with Crippen LogP contribution < -0.4 is 9.47 Å². The summed E-state index contributed by atoms with van der Waals surface area (Å²) in [6, 6.07) is 33.6. The summed E-state index contributed by atoms with van der Waals surface area (Å²) in [6.45, 7) is 13.5. The molecule has 0 spiro atoms. The maximum Gasteiger partial charge on any atom is 2.00 e. The van der Waals surface area contributed by atoms with Gasteiger partial charge in [-0.05, 0) is 89.8 Å². The molecule has 7 heteroatoms. The maximum absolute atomic E-state index is 6.38. The van der Waals surface area contributed by atoms with Crippen LogP contribution in [0.5, 0.6) is 17.2 Å². The summed E-state index contributed by atoms with van der Waals surface area (Å²) in [5.41, 5.74) is 8.46. The van der Waals surface area contributed by atoms with E-state index in [0.29, 0.717) is 18.1 Å². The minimum absolute atomic E-state index is 0. The Morgan fingerprint density at radius 2 is 1.60 bits per heavy atom. The van der Waals surface area contributed by atoms with Gasteiger partial charge in [0.2, 0.25) is 0 Å². The average Bonchev–Trinajstić information content (AvgIpc) is 3.64. The fraction of sp³-hybridized carbons (Fsp3) is 0.200. The number of fused-ring (bicyclic) bond motifs is 3. The first-order valence-electron chi connectivity index (χ1n) is 15.6. The quantitative estimate of drug-likeness (QED) is 0.151. The van der Waals surface area contributed by atoms with Crippen molar-refractivity contribution < 1.29 is 30.5 Å². The number of ether oxygens (including phenoxy) is 2. The van der Waals surface area contributed by atoms with Crippen LogP contribution in [-0.4, -0.2) is 25.9 Å². The Balaban J connectivity index is 0.00000386. The van der Waals surface area contributed by atoms with E-state index in [1.165, 1.54) is 5.56 Å². The Morgan fingerprint density at radius 3 is 2.36 bits per heavy atom. The molecule has 0 saturated heterocycles. The van der Waals surface area contributed by atoms with E-state index in [4.69, 9.17) is 14.5 Å². The second-order valence-electron chi connectivity index (χ2n) is 12.6. The molecule has 0 unspecified atom stereocenters. The summed E-state index contributed by atoms with van der Waals surface area (Å²) >= 11 is 0. The van der Waals surface area contributed by atoms with Crippen LogP contribution in [0.25, 0.3) is 44.4 Å². The van der Waals surface area contributed by atoms with Crippen molar-refractivity contribution in [2.24, 2.45) is 0 Å². The number of benzene rings is 4. The molecule has 47 heavy (non-hydrogen) atoms. The SMILES string of the molecule is CCOc1cc(C)c(-c2cnn(-c3[c-]c(Oc4[c-]c5c(cc4)c4ccccc4n5-c4cc(C(C)(C)C)ccn4)ccc3)c2)c(C)c1.[Pt+2]. The summed E-state index contributed by atoms with van der Waals surface area (Å²) in [4.78, 5) is 4.78.